The third-order valence-electron chi connectivity index (χ3n) is 3.23. The molecule has 0 saturated heterocycles. The Morgan fingerprint density at radius 1 is 1.27 bits per heavy atom. The standard InChI is InChI=1S/C11H14ClN3/c12-9-5-13-6-14-11(9)15-10(7-1-2-7)8-3-4-8/h5-8,10H,1-4H2,(H,13,14,15). The normalized spacial score (nSPS) is 20.7. The fraction of sp³-hybridized carbons (Fsp3) is 0.636. The van der Waals surface area contributed by atoms with E-state index in [-0.39, 0.29) is 0 Å². The molecule has 1 heterocycles. The van der Waals surface area contributed by atoms with E-state index in [9.17, 15) is 0 Å². The predicted molar refractivity (Wildman–Crippen MR) is 59.9 cm³/mol. The highest BCUT2D eigenvalue weighted by Gasteiger charge is 2.41. The fourth-order valence-corrected chi connectivity index (χ4v) is 2.27. The molecule has 2 aliphatic carbocycles. The summed E-state index contributed by atoms with van der Waals surface area (Å²) in [5.41, 5.74) is 0. The van der Waals surface area contributed by atoms with Gasteiger partial charge in [-0.2, -0.15) is 0 Å². The van der Waals surface area contributed by atoms with E-state index in [0.29, 0.717) is 11.1 Å². The minimum absolute atomic E-state index is 0.595. The van der Waals surface area contributed by atoms with E-state index in [0.717, 1.165) is 17.7 Å². The van der Waals surface area contributed by atoms with Gasteiger partial charge in [-0.15, -0.1) is 0 Å². The Kier molecular flexibility index (Phi) is 2.28. The third-order valence-corrected chi connectivity index (χ3v) is 3.51. The quantitative estimate of drug-likeness (QED) is 0.853. The molecule has 1 aromatic heterocycles. The van der Waals surface area contributed by atoms with Crippen molar-refractivity contribution < 1.29 is 0 Å². The molecule has 0 aromatic carbocycles. The van der Waals surface area contributed by atoms with Crippen molar-refractivity contribution in [2.75, 3.05) is 5.32 Å². The monoisotopic (exact) mass is 223 g/mol. The number of hydrogen-bond acceptors (Lipinski definition) is 3. The summed E-state index contributed by atoms with van der Waals surface area (Å²) in [5.74, 6) is 2.50. The number of aromatic nitrogens is 2. The predicted octanol–water partition coefficient (Wildman–Crippen LogP) is 2.73. The van der Waals surface area contributed by atoms with Gasteiger partial charge in [-0.1, -0.05) is 11.6 Å². The first-order chi connectivity index (χ1) is 7.34. The molecule has 4 heteroatoms. The SMILES string of the molecule is Clc1cncnc1NC(C1CC1)C1CC1. The van der Waals surface area contributed by atoms with Crippen LogP contribution in [-0.2, 0) is 0 Å². The number of anilines is 1. The molecule has 1 N–H and O–H groups in total. The minimum atomic E-state index is 0.595. The Hall–Kier alpha value is -0.830. The zero-order valence-electron chi connectivity index (χ0n) is 8.49. The van der Waals surface area contributed by atoms with Gasteiger partial charge in [0, 0.05) is 6.04 Å². The van der Waals surface area contributed by atoms with Gasteiger partial charge in [0.15, 0.2) is 0 Å². The third kappa shape index (κ3) is 2.07. The molecule has 2 saturated carbocycles. The highest BCUT2D eigenvalue weighted by atomic mass is 35.5. The molecule has 0 bridgehead atoms. The molecule has 0 aliphatic heterocycles. The molecule has 0 atom stereocenters. The zero-order chi connectivity index (χ0) is 10.3. The lowest BCUT2D eigenvalue weighted by Gasteiger charge is -2.18. The molecule has 2 fully saturated rings. The van der Waals surface area contributed by atoms with Crippen LogP contribution in [-0.4, -0.2) is 16.0 Å². The van der Waals surface area contributed by atoms with Crippen LogP contribution in [0.4, 0.5) is 5.82 Å². The van der Waals surface area contributed by atoms with Gasteiger partial charge in [0.25, 0.3) is 0 Å². The van der Waals surface area contributed by atoms with Crippen LogP contribution >= 0.6 is 11.6 Å². The second-order valence-electron chi connectivity index (χ2n) is 4.56. The fourth-order valence-electron chi connectivity index (χ4n) is 2.11. The lowest BCUT2D eigenvalue weighted by atomic mass is 10.1. The van der Waals surface area contributed by atoms with Crippen molar-refractivity contribution in [2.45, 2.75) is 31.7 Å². The van der Waals surface area contributed by atoms with E-state index in [1.165, 1.54) is 25.7 Å². The first-order valence-electron chi connectivity index (χ1n) is 5.56. The van der Waals surface area contributed by atoms with Crippen molar-refractivity contribution in [3.8, 4) is 0 Å². The van der Waals surface area contributed by atoms with Crippen molar-refractivity contribution in [1.29, 1.82) is 0 Å². The highest BCUT2D eigenvalue weighted by molar-refractivity contribution is 6.32. The van der Waals surface area contributed by atoms with Crippen molar-refractivity contribution in [3.05, 3.63) is 17.5 Å². The van der Waals surface area contributed by atoms with Crippen molar-refractivity contribution in [2.24, 2.45) is 11.8 Å². The number of halogens is 1. The summed E-state index contributed by atoms with van der Waals surface area (Å²) in [6.07, 6.45) is 8.63. The minimum Gasteiger partial charge on any atom is -0.365 e. The lowest BCUT2D eigenvalue weighted by molar-refractivity contribution is 0.565. The Bertz CT molecular complexity index is 349. The van der Waals surface area contributed by atoms with Gasteiger partial charge in [-0.3, -0.25) is 0 Å². The Morgan fingerprint density at radius 2 is 1.93 bits per heavy atom. The molecule has 80 valence electrons. The van der Waals surface area contributed by atoms with Gasteiger partial charge < -0.3 is 5.32 Å². The lowest BCUT2D eigenvalue weighted by Crippen LogP contribution is -2.25. The summed E-state index contributed by atoms with van der Waals surface area (Å²) < 4.78 is 0. The van der Waals surface area contributed by atoms with E-state index >= 15 is 0 Å². The van der Waals surface area contributed by atoms with E-state index in [4.69, 9.17) is 11.6 Å². The molecule has 3 nitrogen and oxygen atoms in total. The van der Waals surface area contributed by atoms with Crippen molar-refractivity contribution in [1.82, 2.24) is 9.97 Å². The largest absolute Gasteiger partial charge is 0.365 e. The molecular weight excluding hydrogens is 210 g/mol. The maximum Gasteiger partial charge on any atom is 0.148 e. The summed E-state index contributed by atoms with van der Waals surface area (Å²) in [5, 5.41) is 4.12. The molecule has 2 aliphatic rings. The smallest absolute Gasteiger partial charge is 0.148 e. The first-order valence-corrected chi connectivity index (χ1v) is 5.94. The summed E-state index contributed by atoms with van der Waals surface area (Å²) in [6.45, 7) is 0. The molecule has 0 spiro atoms. The molecule has 0 unspecified atom stereocenters. The van der Waals surface area contributed by atoms with Gasteiger partial charge >= 0.3 is 0 Å². The molecular formula is C11H14ClN3. The van der Waals surface area contributed by atoms with Crippen molar-refractivity contribution >= 4 is 17.4 Å². The summed E-state index contributed by atoms with van der Waals surface area (Å²) >= 11 is 6.03. The second kappa shape index (κ2) is 3.63. The second-order valence-corrected chi connectivity index (χ2v) is 4.97. The zero-order valence-corrected chi connectivity index (χ0v) is 9.24. The number of rotatable bonds is 4. The molecule has 1 aromatic rings. The Balaban J connectivity index is 1.74. The van der Waals surface area contributed by atoms with Crippen LogP contribution in [0, 0.1) is 11.8 Å². The van der Waals surface area contributed by atoms with Crippen LogP contribution in [0.1, 0.15) is 25.7 Å². The van der Waals surface area contributed by atoms with Crippen LogP contribution in [0.5, 0.6) is 0 Å². The molecule has 0 amide bonds. The Morgan fingerprint density at radius 3 is 2.47 bits per heavy atom. The van der Waals surface area contributed by atoms with E-state index in [1.54, 1.807) is 12.5 Å². The van der Waals surface area contributed by atoms with Gasteiger partial charge in [0.05, 0.1) is 6.20 Å². The van der Waals surface area contributed by atoms with Crippen LogP contribution in [0.25, 0.3) is 0 Å². The van der Waals surface area contributed by atoms with E-state index in [1.807, 2.05) is 0 Å². The summed E-state index contributed by atoms with van der Waals surface area (Å²) in [4.78, 5) is 8.07. The number of hydrogen-bond donors (Lipinski definition) is 1. The van der Waals surface area contributed by atoms with Crippen LogP contribution in [0.15, 0.2) is 12.5 Å². The first kappa shape index (κ1) is 9.40. The average Bonchev–Trinajstić information content (AvgIpc) is 3.10. The maximum absolute atomic E-state index is 6.03. The maximum atomic E-state index is 6.03. The van der Waals surface area contributed by atoms with Crippen LogP contribution in [0.3, 0.4) is 0 Å². The molecule has 3 rings (SSSR count). The van der Waals surface area contributed by atoms with Crippen molar-refractivity contribution in [3.63, 3.8) is 0 Å². The molecule has 0 radical (unpaired) electrons. The Labute approximate surface area is 94.3 Å². The van der Waals surface area contributed by atoms with Gasteiger partial charge in [-0.25, -0.2) is 9.97 Å². The topological polar surface area (TPSA) is 37.8 Å². The van der Waals surface area contributed by atoms with Crippen LogP contribution < -0.4 is 5.32 Å². The van der Waals surface area contributed by atoms with Gasteiger partial charge in [0.2, 0.25) is 0 Å². The highest BCUT2D eigenvalue weighted by Crippen LogP contribution is 2.46. The van der Waals surface area contributed by atoms with Gasteiger partial charge in [0.1, 0.15) is 17.2 Å². The average molecular weight is 224 g/mol. The van der Waals surface area contributed by atoms with Gasteiger partial charge in [-0.05, 0) is 37.5 Å². The number of nitrogens with zero attached hydrogens (tertiary/aromatic N) is 2. The summed E-state index contributed by atoms with van der Waals surface area (Å²) in [6, 6.07) is 0.595. The van der Waals surface area contributed by atoms with Crippen LogP contribution in [0.2, 0.25) is 5.02 Å². The number of nitrogens with one attached hydrogen (secondary N) is 1. The van der Waals surface area contributed by atoms with E-state index < -0.39 is 0 Å². The summed E-state index contributed by atoms with van der Waals surface area (Å²) in [7, 11) is 0. The molecule has 15 heavy (non-hydrogen) atoms. The van der Waals surface area contributed by atoms with E-state index in [2.05, 4.69) is 15.3 Å².